The van der Waals surface area contributed by atoms with Crippen molar-refractivity contribution in [3.63, 3.8) is 0 Å². The average molecular weight is 288 g/mol. The highest BCUT2D eigenvalue weighted by molar-refractivity contribution is 6.35. The van der Waals surface area contributed by atoms with Crippen LogP contribution in [-0.2, 0) is 28.4 Å². The molecule has 0 saturated carbocycles. The van der Waals surface area contributed by atoms with E-state index >= 15 is 0 Å². The van der Waals surface area contributed by atoms with Crippen LogP contribution < -0.4 is 0 Å². The summed E-state index contributed by atoms with van der Waals surface area (Å²) in [6.45, 7) is 6.23. The Morgan fingerprint density at radius 2 is 1.85 bits per heavy atom. The molecule has 8 nitrogen and oxygen atoms in total. The quantitative estimate of drug-likeness (QED) is 0.244. The predicted octanol–water partition coefficient (Wildman–Crippen LogP) is -0.849. The first-order valence-corrected chi connectivity index (χ1v) is 5.82. The summed E-state index contributed by atoms with van der Waals surface area (Å²) in [6.07, 6.45) is -2.87. The highest BCUT2D eigenvalue weighted by Gasteiger charge is 2.39. The molecule has 0 aromatic heterocycles. The smallest absolute Gasteiger partial charge is 0.511 e. The van der Waals surface area contributed by atoms with Crippen LogP contribution in [0.3, 0.4) is 0 Å². The molecule has 0 spiro atoms. The van der Waals surface area contributed by atoms with Crippen molar-refractivity contribution < 1.29 is 38.5 Å². The van der Waals surface area contributed by atoms with Crippen LogP contribution in [0.5, 0.6) is 0 Å². The molecule has 2 N–H and O–H groups in total. The number of ether oxygens (including phenoxy) is 2. The molecule has 0 aliphatic heterocycles. The van der Waals surface area contributed by atoms with Gasteiger partial charge in [-0.1, -0.05) is 12.3 Å². The fraction of sp³-hybridized carbons (Fsp3) is 0.545. The van der Waals surface area contributed by atoms with Crippen molar-refractivity contribution in [2.75, 3.05) is 13.2 Å². The first kappa shape index (κ1) is 18.2. The van der Waals surface area contributed by atoms with Gasteiger partial charge in [0.1, 0.15) is 6.26 Å². The van der Waals surface area contributed by atoms with Crippen LogP contribution in [0.4, 0.5) is 0 Å². The number of carbonyl (C=O) groups is 2. The minimum Gasteiger partial charge on any atom is -0.511 e. The lowest BCUT2D eigenvalue weighted by Crippen LogP contribution is -2.47. The van der Waals surface area contributed by atoms with Crippen LogP contribution in [0.1, 0.15) is 13.8 Å². The molecule has 20 heavy (non-hydrogen) atoms. The normalized spacial score (nSPS) is 12.6. The Morgan fingerprint density at radius 1 is 1.30 bits per heavy atom. The van der Waals surface area contributed by atoms with Crippen molar-refractivity contribution in [2.24, 2.45) is 0 Å². The fourth-order valence-electron chi connectivity index (χ4n) is 1.10. The monoisotopic (exact) mass is 288 g/mol. The minimum atomic E-state index is -1.96. The Hall–Kier alpha value is -1.80. The second-order valence-electron chi connectivity index (χ2n) is 3.27. The number of hydrogen-bond donors (Lipinski definition) is 2. The number of esters is 2. The molecule has 0 heterocycles. The van der Waals surface area contributed by atoms with Gasteiger partial charge in [0.2, 0.25) is 0 Å². The van der Waals surface area contributed by atoms with Crippen molar-refractivity contribution >= 4 is 19.3 Å². The Kier molecular flexibility index (Phi) is 9.15. The first-order valence-electron chi connectivity index (χ1n) is 5.82. The highest BCUT2D eigenvalue weighted by atomic mass is 16.7. The number of carbonyl (C=O) groups excluding carboxylic acids is 2. The van der Waals surface area contributed by atoms with E-state index in [2.05, 4.69) is 26.4 Å². The molecule has 0 fully saturated rings. The highest BCUT2D eigenvalue weighted by Crippen LogP contribution is 2.07. The van der Waals surface area contributed by atoms with Gasteiger partial charge in [0.15, 0.2) is 12.2 Å². The summed E-state index contributed by atoms with van der Waals surface area (Å²) < 4.78 is 18.4. The van der Waals surface area contributed by atoms with Gasteiger partial charge in [0, 0.05) is 0 Å². The van der Waals surface area contributed by atoms with Crippen LogP contribution >= 0.6 is 0 Å². The fourth-order valence-corrected chi connectivity index (χ4v) is 1.10. The molecule has 0 amide bonds. The third-order valence-electron chi connectivity index (χ3n) is 1.86. The molecule has 0 aromatic rings. The van der Waals surface area contributed by atoms with E-state index in [0.717, 1.165) is 6.26 Å². The standard InChI is InChI=1S/C11H17BO8/c1-4-7-19-12(16)20-9(11(15)18-6-3)8(13)10(14)17-5-2/h7-9,13,16H,1,5-6H2,2-3H3. The zero-order valence-electron chi connectivity index (χ0n) is 11.3. The van der Waals surface area contributed by atoms with Gasteiger partial charge >= 0.3 is 19.3 Å². The van der Waals surface area contributed by atoms with Crippen LogP contribution in [-0.4, -0.2) is 54.8 Å². The van der Waals surface area contributed by atoms with Gasteiger partial charge in [0.25, 0.3) is 0 Å². The molecule has 0 saturated heterocycles. The molecule has 2 unspecified atom stereocenters. The summed E-state index contributed by atoms with van der Waals surface area (Å²) in [5.41, 5.74) is 2.19. The maximum Gasteiger partial charge on any atom is 0.711 e. The van der Waals surface area contributed by atoms with Gasteiger partial charge in [-0.2, -0.15) is 0 Å². The van der Waals surface area contributed by atoms with Crippen LogP contribution in [0, 0.1) is 0 Å². The molecule has 0 aliphatic rings. The molecular weight excluding hydrogens is 271 g/mol. The maximum atomic E-state index is 11.6. The molecule has 2 atom stereocenters. The third-order valence-corrected chi connectivity index (χ3v) is 1.86. The summed E-state index contributed by atoms with van der Waals surface area (Å²) in [5.74, 6) is -2.13. The van der Waals surface area contributed by atoms with Gasteiger partial charge in [-0.05, 0) is 13.8 Å². The molecule has 9 heteroatoms. The van der Waals surface area contributed by atoms with E-state index in [0.29, 0.717) is 0 Å². The van der Waals surface area contributed by atoms with E-state index < -0.39 is 31.5 Å². The van der Waals surface area contributed by atoms with Crippen molar-refractivity contribution in [1.29, 1.82) is 0 Å². The van der Waals surface area contributed by atoms with E-state index in [1.807, 2.05) is 0 Å². The topological polar surface area (TPSA) is 112 Å². The van der Waals surface area contributed by atoms with E-state index in [1.165, 1.54) is 13.8 Å². The molecule has 0 bridgehead atoms. The van der Waals surface area contributed by atoms with Gasteiger partial charge in [-0.15, -0.1) is 0 Å². The zero-order chi connectivity index (χ0) is 15.5. The van der Waals surface area contributed by atoms with Gasteiger partial charge < -0.3 is 28.9 Å². The van der Waals surface area contributed by atoms with Crippen molar-refractivity contribution in [2.45, 2.75) is 26.1 Å². The van der Waals surface area contributed by atoms with Crippen molar-refractivity contribution in [3.05, 3.63) is 18.6 Å². The predicted molar refractivity (Wildman–Crippen MR) is 66.9 cm³/mol. The second kappa shape index (κ2) is 10.0. The van der Waals surface area contributed by atoms with Crippen molar-refractivity contribution in [3.8, 4) is 0 Å². The third kappa shape index (κ3) is 6.39. The Morgan fingerprint density at radius 3 is 2.35 bits per heavy atom. The number of rotatable bonds is 9. The van der Waals surface area contributed by atoms with E-state index in [-0.39, 0.29) is 13.2 Å². The number of aliphatic hydroxyl groups is 1. The van der Waals surface area contributed by atoms with Crippen LogP contribution in [0.15, 0.2) is 18.6 Å². The van der Waals surface area contributed by atoms with Crippen molar-refractivity contribution in [1.82, 2.24) is 0 Å². The van der Waals surface area contributed by atoms with Crippen LogP contribution in [0.2, 0.25) is 0 Å². The molecule has 0 radical (unpaired) electrons. The largest absolute Gasteiger partial charge is 0.711 e. The van der Waals surface area contributed by atoms with Gasteiger partial charge in [-0.3, -0.25) is 0 Å². The molecular formula is C11H17BO8. The van der Waals surface area contributed by atoms with Gasteiger partial charge in [0.05, 0.1) is 13.2 Å². The second-order valence-corrected chi connectivity index (χ2v) is 3.27. The maximum absolute atomic E-state index is 11.6. The Balaban J connectivity index is 4.83. The summed E-state index contributed by atoms with van der Waals surface area (Å²) >= 11 is 0. The number of hydrogen-bond acceptors (Lipinski definition) is 8. The molecule has 0 aromatic carbocycles. The summed E-state index contributed by atoms with van der Waals surface area (Å²) in [6, 6.07) is 0. The average Bonchev–Trinajstić information content (AvgIpc) is 2.42. The SMILES string of the molecule is C=C=COB(O)OC(C(=O)OCC)C(O)C(=O)OCC. The zero-order valence-corrected chi connectivity index (χ0v) is 11.3. The molecule has 112 valence electrons. The Labute approximate surface area is 116 Å². The van der Waals surface area contributed by atoms with E-state index in [4.69, 9.17) is 4.65 Å². The van der Waals surface area contributed by atoms with E-state index in [1.54, 1.807) is 0 Å². The van der Waals surface area contributed by atoms with Gasteiger partial charge in [-0.25, -0.2) is 9.59 Å². The lowest BCUT2D eigenvalue weighted by atomic mass is 10.1. The summed E-state index contributed by atoms with van der Waals surface area (Å²) in [4.78, 5) is 23.0. The van der Waals surface area contributed by atoms with Crippen LogP contribution in [0.25, 0.3) is 0 Å². The lowest BCUT2D eigenvalue weighted by molar-refractivity contribution is -0.172. The summed E-state index contributed by atoms with van der Waals surface area (Å²) in [5, 5.41) is 19.0. The molecule has 0 rings (SSSR count). The minimum absolute atomic E-state index is 0.00223. The summed E-state index contributed by atoms with van der Waals surface area (Å²) in [7, 11) is -1.91. The van der Waals surface area contributed by atoms with E-state index in [9.17, 15) is 19.7 Å². The molecule has 0 aliphatic carbocycles. The number of aliphatic hydroxyl groups excluding tert-OH is 1. The Bertz CT molecular complexity index is 365. The first-order chi connectivity index (χ1) is 9.47. The lowest BCUT2D eigenvalue weighted by Gasteiger charge is -2.20.